The van der Waals surface area contributed by atoms with Gasteiger partial charge in [-0.05, 0) is 24.6 Å². The topological polar surface area (TPSA) is 54.3 Å². The highest BCUT2D eigenvalue weighted by Gasteiger charge is 2.23. The predicted molar refractivity (Wildman–Crippen MR) is 74.4 cm³/mol. The van der Waals surface area contributed by atoms with Crippen LogP contribution in [0.5, 0.6) is 11.5 Å². The van der Waals surface area contributed by atoms with Gasteiger partial charge in [-0.2, -0.15) is 5.26 Å². The van der Waals surface area contributed by atoms with E-state index >= 15 is 0 Å². The van der Waals surface area contributed by atoms with Crippen LogP contribution in [0.1, 0.15) is 12.5 Å². The molecule has 0 aliphatic heterocycles. The number of benzene rings is 1. The van der Waals surface area contributed by atoms with E-state index in [0.29, 0.717) is 17.9 Å². The molecule has 0 bridgehead atoms. The Morgan fingerprint density at radius 1 is 1.35 bits per heavy atom. The second-order valence-corrected chi connectivity index (χ2v) is 4.44. The molecule has 1 aromatic rings. The fourth-order valence-corrected chi connectivity index (χ4v) is 1.80. The molecule has 17 heavy (non-hydrogen) atoms. The van der Waals surface area contributed by atoms with Gasteiger partial charge >= 0.3 is 0 Å². The lowest BCUT2D eigenvalue weighted by molar-refractivity contribution is 0.354. The van der Waals surface area contributed by atoms with Gasteiger partial charge in [0.2, 0.25) is 0 Å². The van der Waals surface area contributed by atoms with Crippen LogP contribution in [-0.4, -0.2) is 19.8 Å². The molecule has 0 radical (unpaired) electrons. The minimum absolute atomic E-state index is 0.583. The van der Waals surface area contributed by atoms with E-state index in [1.165, 1.54) is 0 Å². The molecule has 1 atom stereocenters. The van der Waals surface area contributed by atoms with Crippen molar-refractivity contribution in [3.63, 3.8) is 0 Å². The maximum Gasteiger partial charge on any atom is 0.160 e. The fraction of sp³-hybridized carbons (Fsp3) is 0.417. The number of nitriles is 1. The summed E-state index contributed by atoms with van der Waals surface area (Å²) in [5.41, 5.74) is 0.441. The maximum absolute atomic E-state index is 9.10. The van der Waals surface area contributed by atoms with E-state index in [-0.39, 0.29) is 0 Å². The van der Waals surface area contributed by atoms with Crippen molar-refractivity contribution in [3.8, 4) is 17.6 Å². The third kappa shape index (κ3) is 3.48. The van der Waals surface area contributed by atoms with Crippen LogP contribution < -0.4 is 13.0 Å². The van der Waals surface area contributed by atoms with Crippen molar-refractivity contribution < 1.29 is 9.47 Å². The number of nitrogens with one attached hydrogen (secondary N) is 1. The van der Waals surface area contributed by atoms with Gasteiger partial charge in [0, 0.05) is 29.3 Å². The predicted octanol–water partition coefficient (Wildman–Crippen LogP) is 2.47. The van der Waals surface area contributed by atoms with E-state index in [4.69, 9.17) is 14.7 Å². The molecule has 0 aliphatic carbocycles. The van der Waals surface area contributed by atoms with E-state index in [1.807, 2.05) is 48.0 Å². The van der Waals surface area contributed by atoms with E-state index in [9.17, 15) is 0 Å². The molecule has 0 heterocycles. The van der Waals surface area contributed by atoms with E-state index in [0.717, 1.165) is 5.56 Å². The van der Waals surface area contributed by atoms with Crippen LogP contribution in [0, 0.1) is 11.3 Å². The Hall–Kier alpha value is -1.00. The Morgan fingerprint density at radius 2 is 2.00 bits per heavy atom. The molecule has 0 fully saturated rings. The monoisotopic (exact) mass is 346 g/mol. The standard InChI is InChI=1S/C12H15IN2O2/c1-12(8-14,15-13)7-9-4-5-10(16-2)11(6-9)17-3/h4-6,15H,7H2,1-3H3/t12-/m1/s1. The van der Waals surface area contributed by atoms with Gasteiger partial charge in [0.15, 0.2) is 11.5 Å². The van der Waals surface area contributed by atoms with E-state index < -0.39 is 5.54 Å². The summed E-state index contributed by atoms with van der Waals surface area (Å²) >= 11 is 2.00. The molecule has 0 unspecified atom stereocenters. The summed E-state index contributed by atoms with van der Waals surface area (Å²) in [6.45, 7) is 1.86. The lowest BCUT2D eigenvalue weighted by Gasteiger charge is -2.20. The molecule has 0 amide bonds. The first-order valence-corrected chi connectivity index (χ1v) is 6.16. The molecule has 1 rings (SSSR count). The SMILES string of the molecule is COc1ccc(C[C@](C)(C#N)NI)cc1OC. The Balaban J connectivity index is 2.98. The summed E-state index contributed by atoms with van der Waals surface area (Å²) in [6, 6.07) is 7.93. The summed E-state index contributed by atoms with van der Waals surface area (Å²) in [7, 11) is 3.20. The third-order valence-electron chi connectivity index (χ3n) is 2.46. The lowest BCUT2D eigenvalue weighted by Crippen LogP contribution is -2.36. The fourth-order valence-electron chi connectivity index (χ4n) is 1.49. The van der Waals surface area contributed by atoms with Gasteiger partial charge in [-0.25, -0.2) is 3.53 Å². The zero-order valence-electron chi connectivity index (χ0n) is 10.1. The average molecular weight is 346 g/mol. The second kappa shape index (κ2) is 6.07. The first kappa shape index (κ1) is 14.1. The Bertz CT molecular complexity index is 431. The summed E-state index contributed by atoms with van der Waals surface area (Å²) in [5, 5.41) is 9.10. The largest absolute Gasteiger partial charge is 0.493 e. The quantitative estimate of drug-likeness (QED) is 0.657. The van der Waals surface area contributed by atoms with Crippen LogP contribution in [0.3, 0.4) is 0 Å². The van der Waals surface area contributed by atoms with Crippen molar-refractivity contribution in [2.24, 2.45) is 0 Å². The second-order valence-electron chi connectivity index (χ2n) is 3.90. The van der Waals surface area contributed by atoms with Crippen LogP contribution in [0.15, 0.2) is 18.2 Å². The molecule has 0 spiro atoms. The summed E-state index contributed by atoms with van der Waals surface area (Å²) in [4.78, 5) is 0. The van der Waals surface area contributed by atoms with Crippen LogP contribution in [-0.2, 0) is 6.42 Å². The molecule has 1 N–H and O–H groups in total. The van der Waals surface area contributed by atoms with Gasteiger partial charge in [-0.3, -0.25) is 0 Å². The van der Waals surface area contributed by atoms with E-state index in [2.05, 4.69) is 9.60 Å². The molecular weight excluding hydrogens is 331 g/mol. The first-order chi connectivity index (χ1) is 8.08. The number of hydrogen-bond donors (Lipinski definition) is 1. The van der Waals surface area contributed by atoms with Crippen molar-refractivity contribution >= 4 is 22.9 Å². The van der Waals surface area contributed by atoms with Gasteiger partial charge < -0.3 is 9.47 Å². The van der Waals surface area contributed by atoms with Crippen LogP contribution in [0.25, 0.3) is 0 Å². The number of nitrogens with zero attached hydrogens (tertiary/aromatic N) is 1. The number of ether oxygens (including phenoxy) is 2. The third-order valence-corrected chi connectivity index (χ3v) is 3.65. The van der Waals surface area contributed by atoms with Crippen molar-refractivity contribution in [3.05, 3.63) is 23.8 Å². The molecule has 0 saturated carbocycles. The Labute approximate surface area is 115 Å². The smallest absolute Gasteiger partial charge is 0.160 e. The van der Waals surface area contributed by atoms with Crippen molar-refractivity contribution in [1.82, 2.24) is 3.53 Å². The normalized spacial score (nSPS) is 13.6. The van der Waals surface area contributed by atoms with Gasteiger partial charge in [-0.1, -0.05) is 6.07 Å². The number of methoxy groups -OCH3 is 2. The zero-order chi connectivity index (χ0) is 12.9. The molecule has 5 heteroatoms. The van der Waals surface area contributed by atoms with Crippen LogP contribution in [0.4, 0.5) is 0 Å². The maximum atomic E-state index is 9.10. The summed E-state index contributed by atoms with van der Waals surface area (Å²) in [5.74, 6) is 1.37. The van der Waals surface area contributed by atoms with Gasteiger partial charge in [0.05, 0.1) is 20.3 Å². The molecule has 0 saturated heterocycles. The minimum Gasteiger partial charge on any atom is -0.493 e. The van der Waals surface area contributed by atoms with Crippen LogP contribution in [0.2, 0.25) is 0 Å². The number of halogens is 1. The first-order valence-electron chi connectivity index (χ1n) is 5.08. The highest BCUT2D eigenvalue weighted by atomic mass is 127. The Kier molecular flexibility index (Phi) is 5.02. The van der Waals surface area contributed by atoms with Crippen molar-refractivity contribution in [2.75, 3.05) is 14.2 Å². The number of rotatable bonds is 5. The van der Waals surface area contributed by atoms with Crippen LogP contribution >= 0.6 is 22.9 Å². The zero-order valence-corrected chi connectivity index (χ0v) is 12.2. The lowest BCUT2D eigenvalue weighted by atomic mass is 9.95. The van der Waals surface area contributed by atoms with E-state index in [1.54, 1.807) is 14.2 Å². The molecular formula is C12H15IN2O2. The molecule has 4 nitrogen and oxygen atoms in total. The van der Waals surface area contributed by atoms with Gasteiger partial charge in [0.25, 0.3) is 0 Å². The molecule has 0 aliphatic rings. The minimum atomic E-state index is -0.583. The van der Waals surface area contributed by atoms with Crippen molar-refractivity contribution in [1.29, 1.82) is 5.26 Å². The van der Waals surface area contributed by atoms with Crippen molar-refractivity contribution in [2.45, 2.75) is 18.9 Å². The number of hydrogen-bond acceptors (Lipinski definition) is 4. The molecule has 92 valence electrons. The molecule has 1 aromatic carbocycles. The molecule has 0 aromatic heterocycles. The Morgan fingerprint density at radius 3 is 2.47 bits per heavy atom. The van der Waals surface area contributed by atoms with Gasteiger partial charge in [0.1, 0.15) is 5.54 Å². The van der Waals surface area contributed by atoms with Gasteiger partial charge in [-0.15, -0.1) is 0 Å². The highest BCUT2D eigenvalue weighted by molar-refractivity contribution is 14.1. The highest BCUT2D eigenvalue weighted by Crippen LogP contribution is 2.29. The summed E-state index contributed by atoms with van der Waals surface area (Å²) < 4.78 is 13.4. The summed E-state index contributed by atoms with van der Waals surface area (Å²) in [6.07, 6.45) is 0.604. The average Bonchev–Trinajstić information content (AvgIpc) is 2.38.